The molecule has 2 aliphatic rings. The number of rotatable bonds is 2. The lowest BCUT2D eigenvalue weighted by atomic mass is 10.0. The molecule has 2 saturated heterocycles. The van der Waals surface area contributed by atoms with Crippen LogP contribution in [0.5, 0.6) is 0 Å². The molecule has 3 rings (SSSR count). The van der Waals surface area contributed by atoms with Gasteiger partial charge in [0.25, 0.3) is 0 Å². The highest BCUT2D eigenvalue weighted by Gasteiger charge is 2.38. The molecule has 0 saturated carbocycles. The van der Waals surface area contributed by atoms with Gasteiger partial charge in [-0.3, -0.25) is 0 Å². The van der Waals surface area contributed by atoms with Gasteiger partial charge in [-0.25, -0.2) is 9.78 Å². The van der Waals surface area contributed by atoms with Crippen molar-refractivity contribution in [2.24, 2.45) is 0 Å². The van der Waals surface area contributed by atoms with Crippen LogP contribution >= 0.6 is 0 Å². The van der Waals surface area contributed by atoms with Gasteiger partial charge in [0, 0.05) is 32.4 Å². The Hall–Kier alpha value is -1.99. The molecule has 120 valence electrons. The van der Waals surface area contributed by atoms with Gasteiger partial charge in [0.2, 0.25) is 0 Å². The highest BCUT2D eigenvalue weighted by atomic mass is 19.4. The van der Waals surface area contributed by atoms with Crippen LogP contribution in [-0.2, 0) is 6.18 Å². The number of nitrogens with one attached hydrogen (secondary N) is 1. The minimum Gasteiger partial charge on any atom is -0.354 e. The van der Waals surface area contributed by atoms with Gasteiger partial charge in [-0.15, -0.1) is 0 Å². The molecule has 2 aliphatic heterocycles. The highest BCUT2D eigenvalue weighted by molar-refractivity contribution is 5.76. The van der Waals surface area contributed by atoms with Crippen molar-refractivity contribution in [1.82, 2.24) is 15.2 Å². The quantitative estimate of drug-likeness (QED) is 0.909. The van der Waals surface area contributed by atoms with Crippen molar-refractivity contribution in [3.8, 4) is 0 Å². The molecule has 22 heavy (non-hydrogen) atoms. The van der Waals surface area contributed by atoms with Crippen molar-refractivity contribution >= 4 is 11.8 Å². The van der Waals surface area contributed by atoms with E-state index in [9.17, 15) is 18.0 Å². The monoisotopic (exact) mass is 314 g/mol. The maximum Gasteiger partial charge on any atom is 0.419 e. The molecule has 5 nitrogen and oxygen atoms in total. The van der Waals surface area contributed by atoms with E-state index in [2.05, 4.69) is 10.3 Å². The average Bonchev–Trinajstić information content (AvgIpc) is 2.93. The number of halogens is 3. The second kappa shape index (κ2) is 5.66. The number of pyridine rings is 1. The number of alkyl halides is 3. The summed E-state index contributed by atoms with van der Waals surface area (Å²) in [6.07, 6.45) is -1.52. The highest BCUT2D eigenvalue weighted by Crippen LogP contribution is 2.36. The van der Waals surface area contributed by atoms with Crippen molar-refractivity contribution in [2.45, 2.75) is 25.1 Å². The van der Waals surface area contributed by atoms with Crippen molar-refractivity contribution in [3.05, 3.63) is 23.9 Å². The van der Waals surface area contributed by atoms with E-state index < -0.39 is 11.7 Å². The molecule has 1 N–H and O–H groups in total. The average molecular weight is 314 g/mol. The number of urea groups is 1. The van der Waals surface area contributed by atoms with Crippen molar-refractivity contribution < 1.29 is 18.0 Å². The molecule has 0 bridgehead atoms. The molecular formula is C14H17F3N4O. The molecule has 2 amide bonds. The Morgan fingerprint density at radius 3 is 2.82 bits per heavy atom. The van der Waals surface area contributed by atoms with Crippen LogP contribution in [0.4, 0.5) is 23.8 Å². The second-order valence-corrected chi connectivity index (χ2v) is 5.54. The number of hydrogen-bond donors (Lipinski definition) is 1. The fraction of sp³-hybridized carbons (Fsp3) is 0.571. The van der Waals surface area contributed by atoms with Crippen LogP contribution in [0.1, 0.15) is 18.4 Å². The van der Waals surface area contributed by atoms with Gasteiger partial charge in [0.1, 0.15) is 5.82 Å². The third-order valence-corrected chi connectivity index (χ3v) is 4.12. The number of carbonyl (C=O) groups is 1. The fourth-order valence-corrected chi connectivity index (χ4v) is 3.11. The topological polar surface area (TPSA) is 48.5 Å². The summed E-state index contributed by atoms with van der Waals surface area (Å²) in [5.74, 6) is -0.0423. The van der Waals surface area contributed by atoms with Crippen LogP contribution in [0.25, 0.3) is 0 Å². The normalized spacial score (nSPS) is 22.9. The van der Waals surface area contributed by atoms with E-state index in [-0.39, 0.29) is 17.9 Å². The summed E-state index contributed by atoms with van der Waals surface area (Å²) >= 11 is 0. The Kier molecular flexibility index (Phi) is 3.84. The summed E-state index contributed by atoms with van der Waals surface area (Å²) in [6.45, 7) is 2.10. The Bertz CT molecular complexity index is 563. The van der Waals surface area contributed by atoms with Crippen LogP contribution in [0.3, 0.4) is 0 Å². The smallest absolute Gasteiger partial charge is 0.354 e. The first-order valence-corrected chi connectivity index (χ1v) is 7.28. The molecule has 8 heteroatoms. The van der Waals surface area contributed by atoms with E-state index in [1.807, 2.05) is 0 Å². The van der Waals surface area contributed by atoms with Gasteiger partial charge in [-0.1, -0.05) is 0 Å². The van der Waals surface area contributed by atoms with Crippen LogP contribution in [-0.4, -0.2) is 48.1 Å². The van der Waals surface area contributed by atoms with Gasteiger partial charge < -0.3 is 15.1 Å². The molecule has 0 unspecified atom stereocenters. The molecule has 2 fully saturated rings. The Morgan fingerprint density at radius 2 is 2.14 bits per heavy atom. The Morgan fingerprint density at radius 1 is 1.32 bits per heavy atom. The van der Waals surface area contributed by atoms with Crippen LogP contribution < -0.4 is 10.2 Å². The first kappa shape index (κ1) is 14.9. The summed E-state index contributed by atoms with van der Waals surface area (Å²) in [5, 5.41) is 2.73. The Balaban J connectivity index is 1.82. The predicted molar refractivity (Wildman–Crippen MR) is 74.6 cm³/mol. The van der Waals surface area contributed by atoms with Gasteiger partial charge in [-0.05, 0) is 25.0 Å². The summed E-state index contributed by atoms with van der Waals surface area (Å²) in [4.78, 5) is 19.0. The molecular weight excluding hydrogens is 297 g/mol. The zero-order valence-corrected chi connectivity index (χ0v) is 11.9. The van der Waals surface area contributed by atoms with Crippen LogP contribution in [0, 0.1) is 0 Å². The Labute approximate surface area is 126 Å². The number of anilines is 1. The van der Waals surface area contributed by atoms with Crippen LogP contribution in [0.15, 0.2) is 18.3 Å². The van der Waals surface area contributed by atoms with E-state index >= 15 is 0 Å². The largest absolute Gasteiger partial charge is 0.419 e. The van der Waals surface area contributed by atoms with E-state index in [4.69, 9.17) is 0 Å². The number of carbonyl (C=O) groups excluding carboxylic acids is 1. The third kappa shape index (κ3) is 2.82. The third-order valence-electron chi connectivity index (χ3n) is 4.12. The predicted octanol–water partition coefficient (Wildman–Crippen LogP) is 2.09. The fourth-order valence-electron chi connectivity index (χ4n) is 3.11. The molecule has 1 atom stereocenters. The van der Waals surface area contributed by atoms with Crippen molar-refractivity contribution in [2.75, 3.05) is 31.1 Å². The molecule has 0 radical (unpaired) electrons. The molecule has 0 aliphatic carbocycles. The zero-order chi connectivity index (χ0) is 15.7. The number of nitrogens with zero attached hydrogens (tertiary/aromatic N) is 3. The maximum atomic E-state index is 13.1. The minimum absolute atomic E-state index is 0.0423. The summed E-state index contributed by atoms with van der Waals surface area (Å²) in [5.41, 5.74) is -0.721. The molecule has 3 heterocycles. The van der Waals surface area contributed by atoms with Gasteiger partial charge >= 0.3 is 12.2 Å². The first-order chi connectivity index (χ1) is 10.5. The summed E-state index contributed by atoms with van der Waals surface area (Å²) in [6, 6.07) is 2.14. The van der Waals surface area contributed by atoms with E-state index in [1.165, 1.54) is 12.3 Å². The van der Waals surface area contributed by atoms with E-state index in [0.29, 0.717) is 26.2 Å². The maximum absolute atomic E-state index is 13.1. The zero-order valence-electron chi connectivity index (χ0n) is 11.9. The summed E-state index contributed by atoms with van der Waals surface area (Å²) < 4.78 is 39.4. The van der Waals surface area contributed by atoms with Gasteiger partial charge in [0.15, 0.2) is 0 Å². The van der Waals surface area contributed by atoms with Gasteiger partial charge in [0.05, 0.1) is 11.6 Å². The number of piperidine rings is 1. The lowest BCUT2D eigenvalue weighted by Gasteiger charge is -2.38. The lowest BCUT2D eigenvalue weighted by molar-refractivity contribution is -0.137. The van der Waals surface area contributed by atoms with Gasteiger partial charge in [-0.2, -0.15) is 13.2 Å². The van der Waals surface area contributed by atoms with Crippen LogP contribution in [0.2, 0.25) is 0 Å². The van der Waals surface area contributed by atoms with E-state index in [1.54, 1.807) is 9.80 Å². The molecule has 0 spiro atoms. The lowest BCUT2D eigenvalue weighted by Crippen LogP contribution is -2.49. The molecule has 1 aromatic heterocycles. The molecule has 0 aromatic carbocycles. The number of hydrogen-bond acceptors (Lipinski definition) is 3. The molecule has 1 aromatic rings. The van der Waals surface area contributed by atoms with Crippen molar-refractivity contribution in [1.29, 1.82) is 0 Å². The van der Waals surface area contributed by atoms with E-state index in [0.717, 1.165) is 18.9 Å². The standard InChI is InChI=1S/C14H17F3N4O/c15-14(16,17)11-4-1-5-18-12(11)20-7-2-3-10(9-20)21-8-6-19-13(21)22/h1,4-5,10H,2-3,6-9H2,(H,19,22)/t10-/m1/s1. The number of amides is 2. The summed E-state index contributed by atoms with van der Waals surface area (Å²) in [7, 11) is 0. The van der Waals surface area contributed by atoms with Crippen molar-refractivity contribution in [3.63, 3.8) is 0 Å². The minimum atomic E-state index is -4.43. The number of aromatic nitrogens is 1. The first-order valence-electron chi connectivity index (χ1n) is 7.28. The SMILES string of the molecule is O=C1NCCN1[C@@H]1CCCN(c2ncccc2C(F)(F)F)C1. The second-order valence-electron chi connectivity index (χ2n) is 5.54.